The predicted octanol–water partition coefficient (Wildman–Crippen LogP) is 10.3. The Morgan fingerprint density at radius 1 is 1.06 bits per heavy atom. The summed E-state index contributed by atoms with van der Waals surface area (Å²) >= 11 is 0. The minimum atomic E-state index is 0.563. The first-order valence-electron chi connectivity index (χ1n) is 14.1. The maximum absolute atomic E-state index is 3.98. The lowest BCUT2D eigenvalue weighted by Gasteiger charge is -2.42. The molecule has 1 N–H and O–H groups in total. The first kappa shape index (κ1) is 27.0. The van der Waals surface area contributed by atoms with Crippen molar-refractivity contribution in [3.05, 3.63) is 42.3 Å². The van der Waals surface area contributed by atoms with Crippen molar-refractivity contribution in [3.63, 3.8) is 0 Å². The third kappa shape index (κ3) is 8.27. The van der Waals surface area contributed by atoms with Gasteiger partial charge in [0.15, 0.2) is 0 Å². The van der Waals surface area contributed by atoms with Crippen LogP contribution in [0, 0.1) is 17.3 Å². The molecule has 0 spiro atoms. The van der Waals surface area contributed by atoms with Crippen molar-refractivity contribution in [3.8, 4) is 0 Å². The molecule has 0 aliphatic heterocycles. The van der Waals surface area contributed by atoms with E-state index in [0.29, 0.717) is 5.41 Å². The van der Waals surface area contributed by atoms with Gasteiger partial charge in [0.25, 0.3) is 0 Å². The zero-order valence-corrected chi connectivity index (χ0v) is 22.0. The van der Waals surface area contributed by atoms with E-state index in [1.807, 2.05) is 6.08 Å². The molecular weight excluding hydrogens is 386 g/mol. The molecule has 182 valence electrons. The molecule has 0 bridgehead atoms. The molecule has 2 unspecified atom stereocenters. The predicted molar refractivity (Wildman–Crippen MR) is 144 cm³/mol. The molecule has 1 aliphatic rings. The van der Waals surface area contributed by atoms with Gasteiger partial charge < -0.3 is 4.98 Å². The topological polar surface area (TPSA) is 15.8 Å². The Balaban J connectivity index is 1.87. The van der Waals surface area contributed by atoms with Gasteiger partial charge in [0.2, 0.25) is 0 Å². The van der Waals surface area contributed by atoms with Crippen LogP contribution in [0.1, 0.15) is 135 Å². The highest BCUT2D eigenvalue weighted by Crippen LogP contribution is 2.46. The fourth-order valence-corrected chi connectivity index (χ4v) is 6.28. The molecule has 1 nitrogen and oxygen atoms in total. The second-order valence-corrected chi connectivity index (χ2v) is 10.8. The molecule has 1 aromatic heterocycles. The molecule has 1 aromatic rings. The van der Waals surface area contributed by atoms with Gasteiger partial charge in [0.05, 0.1) is 0 Å². The Morgan fingerprint density at radius 3 is 2.59 bits per heavy atom. The Labute approximate surface area is 200 Å². The van der Waals surface area contributed by atoms with Crippen LogP contribution in [0.4, 0.5) is 0 Å². The van der Waals surface area contributed by atoms with E-state index in [9.17, 15) is 0 Å². The van der Waals surface area contributed by atoms with Crippen molar-refractivity contribution in [2.45, 2.75) is 130 Å². The lowest BCUT2D eigenvalue weighted by molar-refractivity contribution is 0.0895. The molecule has 1 fully saturated rings. The smallest absolute Gasteiger partial charge is 0.0223 e. The molecule has 1 heteroatoms. The molecule has 2 rings (SSSR count). The third-order valence-corrected chi connectivity index (χ3v) is 8.44. The molecule has 0 saturated heterocycles. The van der Waals surface area contributed by atoms with Crippen LogP contribution < -0.4 is 0 Å². The van der Waals surface area contributed by atoms with Crippen molar-refractivity contribution in [1.82, 2.24) is 4.98 Å². The quantitative estimate of drug-likeness (QED) is 0.219. The lowest BCUT2D eigenvalue weighted by atomic mass is 9.63. The maximum Gasteiger partial charge on any atom is 0.0223 e. The normalized spacial score (nSPS) is 24.8. The SMILES string of the molecule is C=C/C=C(/CCCCCC1CCCCC(CCC)C[C@]1(C)CC)c1cc[nH]c1CCCC. The number of unbranched alkanes of at least 4 members (excludes halogenated alkanes) is 3. The fraction of sp³-hybridized carbons (Fsp3) is 0.742. The van der Waals surface area contributed by atoms with Crippen molar-refractivity contribution in [2.75, 3.05) is 0 Å². The summed E-state index contributed by atoms with van der Waals surface area (Å²) in [6.07, 6.45) is 28.2. The Bertz CT molecular complexity index is 666. The van der Waals surface area contributed by atoms with Gasteiger partial charge in [-0.1, -0.05) is 104 Å². The first-order chi connectivity index (χ1) is 15.6. The molecule has 1 saturated carbocycles. The van der Waals surface area contributed by atoms with E-state index in [-0.39, 0.29) is 0 Å². The summed E-state index contributed by atoms with van der Waals surface area (Å²) < 4.78 is 0. The highest BCUT2D eigenvalue weighted by atomic mass is 14.7. The first-order valence-corrected chi connectivity index (χ1v) is 14.1. The van der Waals surface area contributed by atoms with E-state index >= 15 is 0 Å². The Morgan fingerprint density at radius 2 is 1.88 bits per heavy atom. The molecular formula is C31H53N. The number of aromatic nitrogens is 1. The number of allylic oxidation sites excluding steroid dienone is 3. The molecule has 3 atom stereocenters. The van der Waals surface area contributed by atoms with Gasteiger partial charge in [-0.3, -0.25) is 0 Å². The lowest BCUT2D eigenvalue weighted by Crippen LogP contribution is -2.31. The average molecular weight is 440 g/mol. The summed E-state index contributed by atoms with van der Waals surface area (Å²) in [5.41, 5.74) is 4.88. The zero-order chi connectivity index (χ0) is 23.2. The summed E-state index contributed by atoms with van der Waals surface area (Å²) in [4.78, 5) is 3.49. The average Bonchev–Trinajstić information content (AvgIpc) is 3.25. The number of hydrogen-bond acceptors (Lipinski definition) is 0. The fourth-order valence-electron chi connectivity index (χ4n) is 6.28. The van der Waals surface area contributed by atoms with Crippen LogP contribution in [0.15, 0.2) is 31.0 Å². The summed E-state index contributed by atoms with van der Waals surface area (Å²) in [5, 5.41) is 0. The molecule has 0 radical (unpaired) electrons. The van der Waals surface area contributed by atoms with Gasteiger partial charge in [0.1, 0.15) is 0 Å². The second kappa shape index (κ2) is 14.8. The number of H-pyrrole nitrogens is 1. The summed E-state index contributed by atoms with van der Waals surface area (Å²) in [5.74, 6) is 1.91. The van der Waals surface area contributed by atoms with Crippen LogP contribution in [0.3, 0.4) is 0 Å². The van der Waals surface area contributed by atoms with Gasteiger partial charge in [-0.05, 0) is 79.4 Å². The highest BCUT2D eigenvalue weighted by Gasteiger charge is 2.35. The minimum Gasteiger partial charge on any atom is -0.364 e. The molecule has 0 aromatic carbocycles. The van der Waals surface area contributed by atoms with E-state index in [4.69, 9.17) is 0 Å². The Kier molecular flexibility index (Phi) is 12.5. The summed E-state index contributed by atoms with van der Waals surface area (Å²) in [6, 6.07) is 2.27. The van der Waals surface area contributed by atoms with Crippen molar-refractivity contribution in [2.24, 2.45) is 17.3 Å². The minimum absolute atomic E-state index is 0.563. The highest BCUT2D eigenvalue weighted by molar-refractivity contribution is 5.68. The van der Waals surface area contributed by atoms with Gasteiger partial charge in [-0.2, -0.15) is 0 Å². The van der Waals surface area contributed by atoms with Gasteiger partial charge in [0, 0.05) is 11.9 Å². The number of aromatic amines is 1. The van der Waals surface area contributed by atoms with Crippen LogP contribution in [-0.4, -0.2) is 4.98 Å². The number of rotatable bonds is 14. The number of nitrogens with one attached hydrogen (secondary N) is 1. The van der Waals surface area contributed by atoms with Gasteiger partial charge in [-0.25, -0.2) is 0 Å². The number of aryl methyl sites for hydroxylation is 1. The largest absolute Gasteiger partial charge is 0.364 e. The van der Waals surface area contributed by atoms with Crippen molar-refractivity contribution in [1.29, 1.82) is 0 Å². The molecule has 32 heavy (non-hydrogen) atoms. The van der Waals surface area contributed by atoms with E-state index in [1.54, 1.807) is 0 Å². The van der Waals surface area contributed by atoms with Gasteiger partial charge in [-0.15, -0.1) is 0 Å². The van der Waals surface area contributed by atoms with Crippen LogP contribution in [-0.2, 0) is 6.42 Å². The van der Waals surface area contributed by atoms with E-state index in [2.05, 4.69) is 57.6 Å². The van der Waals surface area contributed by atoms with Crippen molar-refractivity contribution >= 4 is 5.57 Å². The van der Waals surface area contributed by atoms with Crippen molar-refractivity contribution < 1.29 is 0 Å². The van der Waals surface area contributed by atoms with E-state index < -0.39 is 0 Å². The van der Waals surface area contributed by atoms with E-state index in [1.165, 1.54) is 113 Å². The summed E-state index contributed by atoms with van der Waals surface area (Å²) in [6.45, 7) is 13.7. The van der Waals surface area contributed by atoms with Crippen LogP contribution >= 0.6 is 0 Å². The van der Waals surface area contributed by atoms with Crippen LogP contribution in [0.2, 0.25) is 0 Å². The van der Waals surface area contributed by atoms with Gasteiger partial charge >= 0.3 is 0 Å². The standard InChI is InChI=1S/C31H53N/c1-6-10-22-30-29(23-24-32-30)27(17-8-3)19-12-11-13-20-28-21-15-14-18-26(16-7-2)25-31(28,5)9-4/h8,17,23-24,26,28,32H,3,6-7,9-16,18-22,25H2,1-2,4-5H3/b27-17-/t26?,28?,31-/m0/s1. The van der Waals surface area contributed by atoms with Crippen LogP contribution in [0.25, 0.3) is 5.57 Å². The molecule has 1 heterocycles. The maximum atomic E-state index is 3.98. The second-order valence-electron chi connectivity index (χ2n) is 10.8. The third-order valence-electron chi connectivity index (χ3n) is 8.44. The number of hydrogen-bond donors (Lipinski definition) is 1. The molecule has 0 amide bonds. The zero-order valence-electron chi connectivity index (χ0n) is 22.0. The molecule has 1 aliphatic carbocycles. The summed E-state index contributed by atoms with van der Waals surface area (Å²) in [7, 11) is 0. The van der Waals surface area contributed by atoms with Crippen LogP contribution in [0.5, 0.6) is 0 Å². The van der Waals surface area contributed by atoms with E-state index in [0.717, 1.165) is 18.3 Å². The monoisotopic (exact) mass is 439 g/mol. The Hall–Kier alpha value is -1.24.